The lowest BCUT2D eigenvalue weighted by molar-refractivity contribution is -0.132. The standard InChI is InChI=1S/C25H21NO6/c1-31-19-13-8-16(14-20(19)32-2)22-21(23(28)15-6-4-3-5-7-15)24(29)25(30)26(22)17-9-11-18(27)12-10-17/h3-14,22,27-28H,1-2H3. The van der Waals surface area contributed by atoms with E-state index >= 15 is 0 Å². The molecule has 1 amide bonds. The van der Waals surface area contributed by atoms with Gasteiger partial charge in [-0.05, 0) is 42.0 Å². The Bertz CT molecular complexity index is 1200. The van der Waals surface area contributed by atoms with Crippen molar-refractivity contribution in [2.75, 3.05) is 19.1 Å². The number of ketones is 1. The number of amides is 1. The number of nitrogens with zero attached hydrogens (tertiary/aromatic N) is 1. The maximum atomic E-state index is 13.1. The van der Waals surface area contributed by atoms with Gasteiger partial charge in [-0.1, -0.05) is 36.4 Å². The number of aliphatic hydroxyl groups excluding tert-OH is 1. The molecule has 1 aliphatic rings. The number of phenolic OH excluding ortho intramolecular Hbond substituents is 1. The van der Waals surface area contributed by atoms with Crippen LogP contribution in [0.3, 0.4) is 0 Å². The maximum Gasteiger partial charge on any atom is 0.300 e. The lowest BCUT2D eigenvalue weighted by Gasteiger charge is -2.26. The molecule has 3 aromatic carbocycles. The minimum absolute atomic E-state index is 0.0253. The first-order valence-corrected chi connectivity index (χ1v) is 9.83. The van der Waals surface area contributed by atoms with Gasteiger partial charge in [0.05, 0.1) is 25.8 Å². The predicted octanol–water partition coefficient (Wildman–Crippen LogP) is 4.04. The van der Waals surface area contributed by atoms with Crippen LogP contribution in [-0.4, -0.2) is 36.1 Å². The first kappa shape index (κ1) is 21.0. The van der Waals surface area contributed by atoms with Crippen molar-refractivity contribution >= 4 is 23.1 Å². The highest BCUT2D eigenvalue weighted by Crippen LogP contribution is 2.44. The highest BCUT2D eigenvalue weighted by atomic mass is 16.5. The fraction of sp³-hybridized carbons (Fsp3) is 0.120. The molecule has 0 saturated carbocycles. The van der Waals surface area contributed by atoms with Gasteiger partial charge in [0.15, 0.2) is 11.5 Å². The molecule has 2 N–H and O–H groups in total. The molecule has 0 bridgehead atoms. The third-order valence-electron chi connectivity index (χ3n) is 5.34. The van der Waals surface area contributed by atoms with Crippen LogP contribution in [0.25, 0.3) is 5.76 Å². The summed E-state index contributed by atoms with van der Waals surface area (Å²) in [5.41, 5.74) is 1.33. The normalized spacial score (nSPS) is 17.4. The Morgan fingerprint density at radius 1 is 0.875 bits per heavy atom. The molecule has 0 aliphatic carbocycles. The molecule has 162 valence electrons. The van der Waals surface area contributed by atoms with Crippen molar-refractivity contribution in [1.82, 2.24) is 0 Å². The Morgan fingerprint density at radius 2 is 1.53 bits per heavy atom. The predicted molar refractivity (Wildman–Crippen MR) is 119 cm³/mol. The molecule has 1 aliphatic heterocycles. The van der Waals surface area contributed by atoms with Crippen molar-refractivity contribution in [3.8, 4) is 17.2 Å². The molecule has 1 saturated heterocycles. The van der Waals surface area contributed by atoms with Crippen molar-refractivity contribution < 1.29 is 29.3 Å². The Labute approximate surface area is 184 Å². The molecule has 0 spiro atoms. The van der Waals surface area contributed by atoms with E-state index in [4.69, 9.17) is 9.47 Å². The summed E-state index contributed by atoms with van der Waals surface area (Å²) < 4.78 is 10.7. The van der Waals surface area contributed by atoms with E-state index in [0.717, 1.165) is 0 Å². The number of hydrogen-bond donors (Lipinski definition) is 2. The number of anilines is 1. The fourth-order valence-electron chi connectivity index (χ4n) is 3.80. The van der Waals surface area contributed by atoms with Crippen LogP contribution in [0.1, 0.15) is 17.2 Å². The zero-order valence-electron chi connectivity index (χ0n) is 17.5. The molecular formula is C25H21NO6. The van der Waals surface area contributed by atoms with Gasteiger partial charge in [0.1, 0.15) is 11.5 Å². The summed E-state index contributed by atoms with van der Waals surface area (Å²) in [6.45, 7) is 0. The molecule has 0 radical (unpaired) electrons. The van der Waals surface area contributed by atoms with E-state index in [9.17, 15) is 19.8 Å². The first-order chi connectivity index (χ1) is 15.5. The van der Waals surface area contributed by atoms with E-state index in [2.05, 4.69) is 0 Å². The number of aromatic hydroxyl groups is 1. The number of methoxy groups -OCH3 is 2. The van der Waals surface area contributed by atoms with Gasteiger partial charge in [0.25, 0.3) is 11.7 Å². The zero-order valence-corrected chi connectivity index (χ0v) is 17.5. The van der Waals surface area contributed by atoms with Crippen molar-refractivity contribution in [2.24, 2.45) is 0 Å². The number of phenols is 1. The second-order valence-corrected chi connectivity index (χ2v) is 7.17. The van der Waals surface area contributed by atoms with Gasteiger partial charge in [-0.3, -0.25) is 14.5 Å². The Morgan fingerprint density at radius 3 is 2.16 bits per heavy atom. The third-order valence-corrected chi connectivity index (χ3v) is 5.34. The van der Waals surface area contributed by atoms with Gasteiger partial charge >= 0.3 is 0 Å². The quantitative estimate of drug-likeness (QED) is 0.360. The maximum absolute atomic E-state index is 13.1. The highest BCUT2D eigenvalue weighted by molar-refractivity contribution is 6.51. The van der Waals surface area contributed by atoms with Crippen LogP contribution in [0.4, 0.5) is 5.69 Å². The molecule has 32 heavy (non-hydrogen) atoms. The monoisotopic (exact) mass is 431 g/mol. The van der Waals surface area contributed by atoms with Crippen LogP contribution in [0, 0.1) is 0 Å². The molecule has 7 heteroatoms. The topological polar surface area (TPSA) is 96.3 Å². The van der Waals surface area contributed by atoms with Crippen LogP contribution < -0.4 is 14.4 Å². The van der Waals surface area contributed by atoms with Crippen molar-refractivity contribution in [1.29, 1.82) is 0 Å². The van der Waals surface area contributed by atoms with Crippen LogP contribution in [0.15, 0.2) is 78.4 Å². The smallest absolute Gasteiger partial charge is 0.300 e. The lowest BCUT2D eigenvalue weighted by atomic mass is 9.94. The van der Waals surface area contributed by atoms with E-state index in [1.807, 2.05) is 0 Å². The number of carbonyl (C=O) groups excluding carboxylic acids is 2. The summed E-state index contributed by atoms with van der Waals surface area (Å²) >= 11 is 0. The summed E-state index contributed by atoms with van der Waals surface area (Å²) in [5, 5.41) is 20.7. The van der Waals surface area contributed by atoms with Gasteiger partial charge < -0.3 is 19.7 Å². The summed E-state index contributed by atoms with van der Waals surface area (Å²) in [6, 6.07) is 18.6. The molecule has 3 aromatic rings. The van der Waals surface area contributed by atoms with E-state index < -0.39 is 17.7 Å². The summed E-state index contributed by atoms with van der Waals surface area (Å²) in [5.74, 6) is -0.934. The van der Waals surface area contributed by atoms with Gasteiger partial charge in [-0.25, -0.2) is 0 Å². The molecule has 1 atom stereocenters. The summed E-state index contributed by atoms with van der Waals surface area (Å²) in [7, 11) is 3.00. The molecule has 1 heterocycles. The van der Waals surface area contributed by atoms with E-state index in [-0.39, 0.29) is 17.1 Å². The summed E-state index contributed by atoms with van der Waals surface area (Å²) in [4.78, 5) is 27.5. The van der Waals surface area contributed by atoms with Gasteiger partial charge in [0.2, 0.25) is 0 Å². The Hall–Kier alpha value is -4.26. The van der Waals surface area contributed by atoms with Gasteiger partial charge in [-0.15, -0.1) is 0 Å². The number of ether oxygens (including phenoxy) is 2. The number of carbonyl (C=O) groups is 2. The molecule has 7 nitrogen and oxygen atoms in total. The first-order valence-electron chi connectivity index (χ1n) is 9.83. The van der Waals surface area contributed by atoms with Crippen LogP contribution in [0.2, 0.25) is 0 Å². The van der Waals surface area contributed by atoms with Crippen molar-refractivity contribution in [3.63, 3.8) is 0 Å². The second kappa shape index (κ2) is 8.47. The minimum atomic E-state index is -0.917. The Balaban J connectivity index is 1.96. The van der Waals surface area contributed by atoms with Gasteiger partial charge in [-0.2, -0.15) is 0 Å². The summed E-state index contributed by atoms with van der Waals surface area (Å²) in [6.07, 6.45) is 0. The van der Waals surface area contributed by atoms with E-state index in [1.165, 1.54) is 43.4 Å². The molecule has 1 fully saturated rings. The number of rotatable bonds is 5. The largest absolute Gasteiger partial charge is 0.508 e. The van der Waals surface area contributed by atoms with Crippen molar-refractivity contribution in [3.05, 3.63) is 89.5 Å². The van der Waals surface area contributed by atoms with E-state index in [1.54, 1.807) is 48.5 Å². The van der Waals surface area contributed by atoms with E-state index in [0.29, 0.717) is 28.3 Å². The van der Waals surface area contributed by atoms with Crippen LogP contribution >= 0.6 is 0 Å². The van der Waals surface area contributed by atoms with Crippen molar-refractivity contribution in [2.45, 2.75) is 6.04 Å². The SMILES string of the molecule is COc1ccc(C2C(=C(O)c3ccccc3)C(=O)C(=O)N2c2ccc(O)cc2)cc1OC. The van der Waals surface area contributed by atoms with Crippen LogP contribution in [-0.2, 0) is 9.59 Å². The second-order valence-electron chi connectivity index (χ2n) is 7.17. The number of benzene rings is 3. The lowest BCUT2D eigenvalue weighted by Crippen LogP contribution is -2.29. The average Bonchev–Trinajstić information content (AvgIpc) is 3.09. The fourth-order valence-corrected chi connectivity index (χ4v) is 3.80. The third kappa shape index (κ3) is 3.54. The molecular weight excluding hydrogens is 410 g/mol. The average molecular weight is 431 g/mol. The number of hydrogen-bond acceptors (Lipinski definition) is 6. The molecule has 1 unspecified atom stereocenters. The minimum Gasteiger partial charge on any atom is -0.508 e. The number of aliphatic hydroxyl groups is 1. The van der Waals surface area contributed by atoms with Gasteiger partial charge in [0, 0.05) is 11.3 Å². The molecule has 0 aromatic heterocycles. The Kier molecular flexibility index (Phi) is 5.55. The van der Waals surface area contributed by atoms with Crippen LogP contribution in [0.5, 0.6) is 17.2 Å². The number of Topliss-reactive ketones (excluding diaryl/α,β-unsaturated/α-hetero) is 1. The highest BCUT2D eigenvalue weighted by Gasteiger charge is 2.47. The molecule has 4 rings (SSSR count). The zero-order chi connectivity index (χ0) is 22.8.